The zero-order chi connectivity index (χ0) is 16.3. The van der Waals surface area contributed by atoms with Crippen LogP contribution in [0.5, 0.6) is 0 Å². The molecule has 2 aromatic rings. The maximum absolute atomic E-state index is 13.7. The van der Waals surface area contributed by atoms with Crippen LogP contribution < -0.4 is 5.32 Å². The smallest absolute Gasteiger partial charge is 0.233 e. The summed E-state index contributed by atoms with van der Waals surface area (Å²) in [5.41, 5.74) is 0.241. The van der Waals surface area contributed by atoms with Crippen molar-refractivity contribution in [1.82, 2.24) is 20.1 Å². The predicted octanol–water partition coefficient (Wildman–Crippen LogP) is 2.45. The minimum atomic E-state index is -0.679. The third-order valence-electron chi connectivity index (χ3n) is 3.11. The van der Waals surface area contributed by atoms with Crippen LogP contribution in [0.4, 0.5) is 8.78 Å². The van der Waals surface area contributed by atoms with E-state index in [0.29, 0.717) is 5.16 Å². The van der Waals surface area contributed by atoms with Crippen molar-refractivity contribution in [1.29, 1.82) is 0 Å². The topological polar surface area (TPSA) is 59.8 Å². The largest absolute Gasteiger partial charge is 0.349 e. The third kappa shape index (κ3) is 3.82. The Morgan fingerprint density at radius 2 is 2.09 bits per heavy atom. The number of nitrogens with one attached hydrogen (secondary N) is 1. The van der Waals surface area contributed by atoms with Crippen molar-refractivity contribution >= 4 is 17.7 Å². The highest BCUT2D eigenvalue weighted by molar-refractivity contribution is 8.00. The Labute approximate surface area is 131 Å². The number of hydrogen-bond donors (Lipinski definition) is 1. The Bertz CT molecular complexity index is 677. The number of aryl methyl sites for hydroxylation is 1. The molecular formula is C14H16F2N4OS. The average Bonchev–Trinajstić information content (AvgIpc) is 2.83. The summed E-state index contributed by atoms with van der Waals surface area (Å²) in [6.07, 6.45) is 1.55. The van der Waals surface area contributed by atoms with Gasteiger partial charge >= 0.3 is 0 Å². The fourth-order valence-electron chi connectivity index (χ4n) is 1.85. The molecule has 0 spiro atoms. The summed E-state index contributed by atoms with van der Waals surface area (Å²) in [5.74, 6) is -1.59. The van der Waals surface area contributed by atoms with Crippen LogP contribution in [0.1, 0.15) is 25.5 Å². The standard InChI is InChI=1S/C14H16F2N4OS/c1-8(11-5-4-10(15)6-12(11)16)18-13(21)9(2)22-14-19-17-7-20(14)3/h4-9H,1-3H3,(H,18,21). The van der Waals surface area contributed by atoms with Gasteiger partial charge in [0.1, 0.15) is 18.0 Å². The molecule has 0 saturated carbocycles. The number of rotatable bonds is 5. The SMILES string of the molecule is CC(Sc1nncn1C)C(=O)NC(C)c1ccc(F)cc1F. The number of nitrogens with zero attached hydrogens (tertiary/aromatic N) is 3. The summed E-state index contributed by atoms with van der Waals surface area (Å²) in [6.45, 7) is 3.37. The lowest BCUT2D eigenvalue weighted by atomic mass is 10.1. The molecule has 22 heavy (non-hydrogen) atoms. The lowest BCUT2D eigenvalue weighted by Crippen LogP contribution is -2.33. The van der Waals surface area contributed by atoms with E-state index in [2.05, 4.69) is 15.5 Å². The highest BCUT2D eigenvalue weighted by atomic mass is 32.2. The van der Waals surface area contributed by atoms with Gasteiger partial charge in [-0.25, -0.2) is 8.78 Å². The quantitative estimate of drug-likeness (QED) is 0.858. The monoisotopic (exact) mass is 326 g/mol. The molecule has 0 aliphatic rings. The van der Waals surface area contributed by atoms with Gasteiger partial charge in [-0.2, -0.15) is 0 Å². The molecule has 2 unspecified atom stereocenters. The third-order valence-corrected chi connectivity index (χ3v) is 4.26. The van der Waals surface area contributed by atoms with Gasteiger partial charge in [-0.3, -0.25) is 4.79 Å². The lowest BCUT2D eigenvalue weighted by Gasteiger charge is -2.18. The maximum atomic E-state index is 13.7. The number of carbonyl (C=O) groups is 1. The van der Waals surface area contributed by atoms with Crippen molar-refractivity contribution in [2.24, 2.45) is 7.05 Å². The van der Waals surface area contributed by atoms with Gasteiger partial charge < -0.3 is 9.88 Å². The molecule has 118 valence electrons. The van der Waals surface area contributed by atoms with Gasteiger partial charge in [-0.15, -0.1) is 10.2 Å². The van der Waals surface area contributed by atoms with Gasteiger partial charge in [0.2, 0.25) is 5.91 Å². The number of halogens is 2. The zero-order valence-electron chi connectivity index (χ0n) is 12.4. The van der Waals surface area contributed by atoms with Crippen molar-refractivity contribution in [3.05, 3.63) is 41.7 Å². The van der Waals surface area contributed by atoms with E-state index in [9.17, 15) is 13.6 Å². The Morgan fingerprint density at radius 3 is 2.68 bits per heavy atom. The second-order valence-electron chi connectivity index (χ2n) is 4.88. The molecule has 2 rings (SSSR count). The van der Waals surface area contributed by atoms with Crippen molar-refractivity contribution in [2.45, 2.75) is 30.3 Å². The Hall–Kier alpha value is -1.96. The fraction of sp³-hybridized carbons (Fsp3) is 0.357. The van der Waals surface area contributed by atoms with E-state index in [1.54, 1.807) is 31.8 Å². The highest BCUT2D eigenvalue weighted by Gasteiger charge is 2.20. The minimum Gasteiger partial charge on any atom is -0.349 e. The van der Waals surface area contributed by atoms with Crippen molar-refractivity contribution in [2.75, 3.05) is 0 Å². The number of carbonyl (C=O) groups excluding carboxylic acids is 1. The van der Waals surface area contributed by atoms with E-state index in [-0.39, 0.29) is 11.5 Å². The van der Waals surface area contributed by atoms with Gasteiger partial charge in [0.25, 0.3) is 0 Å². The second-order valence-corrected chi connectivity index (χ2v) is 6.19. The number of benzene rings is 1. The van der Waals surface area contributed by atoms with Crippen LogP contribution in [0.2, 0.25) is 0 Å². The van der Waals surface area contributed by atoms with Crippen molar-refractivity contribution < 1.29 is 13.6 Å². The lowest BCUT2D eigenvalue weighted by molar-refractivity contribution is -0.120. The molecule has 0 saturated heterocycles. The van der Waals surface area contributed by atoms with Crippen LogP contribution in [-0.4, -0.2) is 25.9 Å². The molecular weight excluding hydrogens is 310 g/mol. The molecule has 0 fully saturated rings. The zero-order valence-corrected chi connectivity index (χ0v) is 13.2. The van der Waals surface area contributed by atoms with Gasteiger partial charge in [0, 0.05) is 18.7 Å². The molecule has 1 aromatic carbocycles. The number of hydrogen-bond acceptors (Lipinski definition) is 4. The minimum absolute atomic E-state index is 0.241. The molecule has 0 bridgehead atoms. The molecule has 1 amide bonds. The van der Waals surface area contributed by atoms with Crippen LogP contribution in [0.15, 0.2) is 29.7 Å². The van der Waals surface area contributed by atoms with Gasteiger partial charge in [-0.05, 0) is 19.9 Å². The van der Waals surface area contributed by atoms with Crippen LogP contribution >= 0.6 is 11.8 Å². The molecule has 1 aromatic heterocycles. The summed E-state index contributed by atoms with van der Waals surface area (Å²) < 4.78 is 28.3. The molecule has 1 heterocycles. The summed E-state index contributed by atoms with van der Waals surface area (Å²) in [4.78, 5) is 12.2. The summed E-state index contributed by atoms with van der Waals surface area (Å²) >= 11 is 1.25. The molecule has 0 aliphatic carbocycles. The van der Waals surface area contributed by atoms with E-state index >= 15 is 0 Å². The first kappa shape index (κ1) is 16.4. The van der Waals surface area contributed by atoms with Gasteiger partial charge in [0.15, 0.2) is 5.16 Å². The first-order valence-electron chi connectivity index (χ1n) is 6.64. The molecule has 0 aliphatic heterocycles. The highest BCUT2D eigenvalue weighted by Crippen LogP contribution is 2.22. The van der Waals surface area contributed by atoms with E-state index in [1.165, 1.54) is 23.9 Å². The van der Waals surface area contributed by atoms with Crippen LogP contribution in [0, 0.1) is 11.6 Å². The molecule has 8 heteroatoms. The van der Waals surface area contributed by atoms with Crippen LogP contribution in [0.25, 0.3) is 0 Å². The molecule has 2 atom stereocenters. The predicted molar refractivity (Wildman–Crippen MR) is 79.2 cm³/mol. The van der Waals surface area contributed by atoms with Crippen molar-refractivity contribution in [3.63, 3.8) is 0 Å². The van der Waals surface area contributed by atoms with E-state index in [0.717, 1.165) is 6.07 Å². The van der Waals surface area contributed by atoms with Gasteiger partial charge in [0.05, 0.1) is 11.3 Å². The Balaban J connectivity index is 2.00. The van der Waals surface area contributed by atoms with E-state index in [1.807, 2.05) is 0 Å². The van der Waals surface area contributed by atoms with Crippen LogP contribution in [-0.2, 0) is 11.8 Å². The summed E-state index contributed by atoms with van der Waals surface area (Å²) in [6, 6.07) is 2.74. The molecule has 5 nitrogen and oxygen atoms in total. The summed E-state index contributed by atoms with van der Waals surface area (Å²) in [5, 5.41) is 10.5. The van der Waals surface area contributed by atoms with Gasteiger partial charge in [-0.1, -0.05) is 17.8 Å². The second kappa shape index (κ2) is 6.87. The number of thioether (sulfide) groups is 1. The number of amides is 1. The van der Waals surface area contributed by atoms with E-state index in [4.69, 9.17) is 0 Å². The van der Waals surface area contributed by atoms with E-state index < -0.39 is 22.9 Å². The molecule has 0 radical (unpaired) electrons. The summed E-state index contributed by atoms with van der Waals surface area (Å²) in [7, 11) is 1.78. The average molecular weight is 326 g/mol. The van der Waals surface area contributed by atoms with Crippen molar-refractivity contribution in [3.8, 4) is 0 Å². The first-order valence-corrected chi connectivity index (χ1v) is 7.52. The normalized spacial score (nSPS) is 13.7. The van der Waals surface area contributed by atoms with Crippen LogP contribution in [0.3, 0.4) is 0 Å². The Kier molecular flexibility index (Phi) is 5.12. The number of aromatic nitrogens is 3. The Morgan fingerprint density at radius 1 is 1.36 bits per heavy atom. The first-order chi connectivity index (χ1) is 10.4. The maximum Gasteiger partial charge on any atom is 0.233 e. The molecule has 1 N–H and O–H groups in total. The fourth-order valence-corrected chi connectivity index (χ4v) is 2.65.